The quantitative estimate of drug-likeness (QED) is 0.163. The first-order valence-electron chi connectivity index (χ1n) is 17.1. The zero-order chi connectivity index (χ0) is 43.5. The Labute approximate surface area is 325 Å². The second-order valence-corrected chi connectivity index (χ2v) is 13.6. The average molecular weight is 850 g/mol. The van der Waals surface area contributed by atoms with Gasteiger partial charge in [-0.25, -0.2) is 0 Å². The number of hydrogen-bond acceptors (Lipinski definition) is 1. The number of rotatable bonds is 3. The smallest absolute Gasteiger partial charge is 0.309 e. The van der Waals surface area contributed by atoms with Gasteiger partial charge in [0.15, 0.2) is 0 Å². The van der Waals surface area contributed by atoms with Crippen LogP contribution >= 0.6 is 0 Å². The molecule has 0 atom stereocenters. The van der Waals surface area contributed by atoms with Gasteiger partial charge in [0.1, 0.15) is 0 Å². The highest BCUT2D eigenvalue weighted by molar-refractivity contribution is 6.12. The van der Waals surface area contributed by atoms with Crippen LogP contribution in [0.25, 0.3) is 66.1 Å². The molecule has 8 aromatic rings. The maximum absolute atomic E-state index is 15.3. The van der Waals surface area contributed by atoms with Crippen molar-refractivity contribution in [2.75, 3.05) is 0 Å². The molecule has 0 unspecified atom stereocenters. The molecule has 0 aliphatic rings. The zero-order valence-corrected chi connectivity index (χ0v) is 29.4. The predicted molar refractivity (Wildman–Crippen MR) is 190 cm³/mol. The van der Waals surface area contributed by atoms with Crippen LogP contribution in [-0.4, -0.2) is 9.13 Å². The Morgan fingerprint density at radius 1 is 0.383 bits per heavy atom. The van der Waals surface area contributed by atoms with E-state index in [0.29, 0.717) is 54.6 Å². The molecule has 60 heavy (non-hydrogen) atoms. The standard InChI is InChI=1S/C42H18F15N3/c43-38(44,45)21-5-10-31-25(15-21)26-16-22(39(46,47)48)6-11-32(26)59(31)35-9-4-20(19-58)14-29(35)37-30(42(55,56)57)2-1-3-36(37)60-33-12-7-23(40(49,50)51)17-27(33)28-18-24(41(52,53)54)8-13-34(28)60/h1-18H. The highest BCUT2D eigenvalue weighted by atomic mass is 19.4. The summed E-state index contributed by atoms with van der Waals surface area (Å²) in [4.78, 5) is 0. The maximum atomic E-state index is 15.3. The first-order valence-corrected chi connectivity index (χ1v) is 17.1. The number of hydrogen-bond donors (Lipinski definition) is 0. The molecule has 0 bridgehead atoms. The van der Waals surface area contributed by atoms with Crippen molar-refractivity contribution in [2.24, 2.45) is 0 Å². The third kappa shape index (κ3) is 6.61. The molecule has 3 nitrogen and oxygen atoms in total. The molecular formula is C42H18F15N3. The van der Waals surface area contributed by atoms with Gasteiger partial charge in [-0.05, 0) is 103 Å². The number of nitriles is 1. The lowest BCUT2D eigenvalue weighted by Gasteiger charge is -2.22. The predicted octanol–water partition coefficient (Wildman–Crippen LogP) is 14.5. The molecule has 0 saturated heterocycles. The second kappa shape index (κ2) is 13.2. The van der Waals surface area contributed by atoms with Crippen LogP contribution in [0.4, 0.5) is 65.9 Å². The van der Waals surface area contributed by atoms with E-state index >= 15 is 13.2 Å². The van der Waals surface area contributed by atoms with Crippen molar-refractivity contribution in [1.82, 2.24) is 9.13 Å². The van der Waals surface area contributed by atoms with Gasteiger partial charge >= 0.3 is 30.9 Å². The van der Waals surface area contributed by atoms with Crippen LogP contribution in [0.1, 0.15) is 33.4 Å². The van der Waals surface area contributed by atoms with E-state index in [1.807, 2.05) is 0 Å². The van der Waals surface area contributed by atoms with Gasteiger partial charge in [0, 0.05) is 32.7 Å². The summed E-state index contributed by atoms with van der Waals surface area (Å²) >= 11 is 0. The van der Waals surface area contributed by atoms with Crippen molar-refractivity contribution in [2.45, 2.75) is 30.9 Å². The van der Waals surface area contributed by atoms with Crippen LogP contribution in [-0.2, 0) is 30.9 Å². The van der Waals surface area contributed by atoms with E-state index in [-0.39, 0.29) is 44.1 Å². The summed E-state index contributed by atoms with van der Waals surface area (Å²) in [5.74, 6) is 0. The molecule has 0 radical (unpaired) electrons. The summed E-state index contributed by atoms with van der Waals surface area (Å²) in [6.45, 7) is 0. The van der Waals surface area contributed by atoms with Gasteiger partial charge in [0.05, 0.1) is 72.9 Å². The maximum Gasteiger partial charge on any atom is 0.417 e. The topological polar surface area (TPSA) is 33.6 Å². The first kappa shape index (κ1) is 40.2. The molecule has 306 valence electrons. The number of aromatic nitrogens is 2. The molecule has 0 fully saturated rings. The summed E-state index contributed by atoms with van der Waals surface area (Å²) < 4.78 is 216. The van der Waals surface area contributed by atoms with Crippen LogP contribution in [0, 0.1) is 11.3 Å². The van der Waals surface area contributed by atoms with Crippen molar-refractivity contribution in [1.29, 1.82) is 5.26 Å². The third-order valence-corrected chi connectivity index (χ3v) is 10.1. The summed E-state index contributed by atoms with van der Waals surface area (Å²) in [6, 6.07) is 15.9. The summed E-state index contributed by atoms with van der Waals surface area (Å²) in [7, 11) is 0. The van der Waals surface area contributed by atoms with Crippen molar-refractivity contribution in [3.05, 3.63) is 143 Å². The van der Waals surface area contributed by atoms with Crippen LogP contribution in [0.5, 0.6) is 0 Å². The van der Waals surface area contributed by atoms with Crippen molar-refractivity contribution in [3.63, 3.8) is 0 Å². The van der Waals surface area contributed by atoms with Crippen LogP contribution in [0.3, 0.4) is 0 Å². The van der Waals surface area contributed by atoms with E-state index in [4.69, 9.17) is 0 Å². The molecule has 0 N–H and O–H groups in total. The summed E-state index contributed by atoms with van der Waals surface area (Å²) in [5.41, 5.74) is -9.78. The van der Waals surface area contributed by atoms with Crippen molar-refractivity contribution in [3.8, 4) is 28.6 Å². The number of alkyl halides is 15. The average Bonchev–Trinajstić information content (AvgIpc) is 3.67. The monoisotopic (exact) mass is 849 g/mol. The molecule has 18 heteroatoms. The van der Waals surface area contributed by atoms with E-state index in [2.05, 4.69) is 0 Å². The lowest BCUT2D eigenvalue weighted by atomic mass is 9.93. The molecule has 0 aliphatic carbocycles. The minimum atomic E-state index is -5.26. The molecular weight excluding hydrogens is 831 g/mol. The van der Waals surface area contributed by atoms with Gasteiger partial charge in [-0.15, -0.1) is 0 Å². The first-order chi connectivity index (χ1) is 27.9. The fraction of sp³-hybridized carbons (Fsp3) is 0.119. The van der Waals surface area contributed by atoms with Gasteiger partial charge < -0.3 is 9.13 Å². The molecule has 0 spiro atoms. The Balaban J connectivity index is 1.54. The van der Waals surface area contributed by atoms with Crippen LogP contribution in [0.15, 0.2) is 109 Å². The van der Waals surface area contributed by atoms with Gasteiger partial charge in [-0.2, -0.15) is 71.1 Å². The molecule has 2 heterocycles. The van der Waals surface area contributed by atoms with Gasteiger partial charge in [-0.1, -0.05) is 6.07 Å². The van der Waals surface area contributed by atoms with Gasteiger partial charge in [0.25, 0.3) is 0 Å². The van der Waals surface area contributed by atoms with Crippen molar-refractivity contribution >= 4 is 43.6 Å². The van der Waals surface area contributed by atoms with E-state index in [1.165, 1.54) is 0 Å². The SMILES string of the molecule is N#Cc1ccc(-n2c3ccc(C(F)(F)F)cc3c3cc(C(F)(F)F)ccc32)c(-c2c(-n3c4ccc(C(F)(F)F)cc4c4cc(C(F)(F)F)ccc43)cccc2C(F)(F)F)c1. The van der Waals surface area contributed by atoms with E-state index in [9.17, 15) is 57.9 Å². The minimum absolute atomic E-state index is 0.203. The fourth-order valence-electron chi connectivity index (χ4n) is 7.52. The Kier molecular flexibility index (Phi) is 8.82. The van der Waals surface area contributed by atoms with Crippen molar-refractivity contribution < 1.29 is 65.9 Å². The largest absolute Gasteiger partial charge is 0.417 e. The van der Waals surface area contributed by atoms with Gasteiger partial charge in [0.2, 0.25) is 0 Å². The number of nitrogens with zero attached hydrogens (tertiary/aromatic N) is 3. The molecule has 6 aromatic carbocycles. The summed E-state index contributed by atoms with van der Waals surface area (Å²) in [5, 5.41) is 8.34. The second-order valence-electron chi connectivity index (χ2n) is 13.6. The molecule has 2 aromatic heterocycles. The lowest BCUT2D eigenvalue weighted by Crippen LogP contribution is -2.12. The number of fused-ring (bicyclic) bond motifs is 6. The minimum Gasteiger partial charge on any atom is -0.309 e. The zero-order valence-electron chi connectivity index (χ0n) is 29.4. The summed E-state index contributed by atoms with van der Waals surface area (Å²) in [6.07, 6.45) is -25.2. The highest BCUT2D eigenvalue weighted by Gasteiger charge is 2.39. The highest BCUT2D eigenvalue weighted by Crippen LogP contribution is 2.48. The number of benzene rings is 6. The molecule has 0 amide bonds. The Bertz CT molecular complexity index is 2950. The third-order valence-electron chi connectivity index (χ3n) is 10.1. The number of halogens is 15. The van der Waals surface area contributed by atoms with E-state index < -0.39 is 86.3 Å². The lowest BCUT2D eigenvalue weighted by molar-refractivity contribution is -0.138. The Hall–Kier alpha value is -6.64. The molecule has 0 aliphatic heterocycles. The normalized spacial score (nSPS) is 13.2. The fourth-order valence-corrected chi connectivity index (χ4v) is 7.52. The van der Waals surface area contributed by atoms with E-state index in [0.717, 1.165) is 63.7 Å². The van der Waals surface area contributed by atoms with Gasteiger partial charge in [-0.3, -0.25) is 0 Å². The van der Waals surface area contributed by atoms with E-state index in [1.54, 1.807) is 6.07 Å². The molecule has 8 rings (SSSR count). The van der Waals surface area contributed by atoms with Crippen LogP contribution in [0.2, 0.25) is 0 Å². The van der Waals surface area contributed by atoms with Crippen LogP contribution < -0.4 is 0 Å². The molecule has 0 saturated carbocycles. The Morgan fingerprint density at radius 2 is 0.750 bits per heavy atom. The Morgan fingerprint density at radius 3 is 1.08 bits per heavy atom.